The zero-order valence-corrected chi connectivity index (χ0v) is 10.7. The molecule has 7 heteroatoms. The van der Waals surface area contributed by atoms with Gasteiger partial charge in [-0.3, -0.25) is 0 Å². The van der Waals surface area contributed by atoms with Crippen LogP contribution in [0, 0.1) is 0 Å². The summed E-state index contributed by atoms with van der Waals surface area (Å²) in [7, 11) is 0. The van der Waals surface area contributed by atoms with Gasteiger partial charge in [-0.1, -0.05) is 0 Å². The van der Waals surface area contributed by atoms with Crippen molar-refractivity contribution >= 4 is 23.3 Å². The molecule has 2 aromatic rings. The summed E-state index contributed by atoms with van der Waals surface area (Å²) in [5.41, 5.74) is 0.175. The summed E-state index contributed by atoms with van der Waals surface area (Å²) in [6.45, 7) is 2.71. The van der Waals surface area contributed by atoms with Gasteiger partial charge in [-0.2, -0.15) is 4.98 Å². The molecule has 2 aromatic heterocycles. The van der Waals surface area contributed by atoms with Crippen LogP contribution in [-0.4, -0.2) is 29.1 Å². The third kappa shape index (κ3) is 3.30. The zero-order valence-electron chi connectivity index (χ0n) is 9.88. The second-order valence-electron chi connectivity index (χ2n) is 3.36. The number of rotatable bonds is 6. The van der Waals surface area contributed by atoms with E-state index in [0.29, 0.717) is 19.2 Å². The van der Waals surface area contributed by atoms with E-state index in [1.54, 1.807) is 24.5 Å². The maximum atomic E-state index is 11.3. The van der Waals surface area contributed by atoms with E-state index in [4.69, 9.17) is 9.15 Å². The van der Waals surface area contributed by atoms with Crippen molar-refractivity contribution < 1.29 is 13.9 Å². The number of carbonyl (C=O) groups is 1. The lowest BCUT2D eigenvalue weighted by Crippen LogP contribution is -2.07. The Hall–Kier alpha value is -1.89. The van der Waals surface area contributed by atoms with E-state index in [0.717, 1.165) is 11.4 Å². The predicted octanol–water partition coefficient (Wildman–Crippen LogP) is 1.96. The number of ether oxygens (including phenoxy) is 1. The fraction of sp³-hybridized carbons (Fsp3) is 0.364. The van der Waals surface area contributed by atoms with Gasteiger partial charge >= 0.3 is 5.97 Å². The van der Waals surface area contributed by atoms with E-state index < -0.39 is 5.97 Å². The molecule has 2 heterocycles. The minimum Gasteiger partial charge on any atom is -0.461 e. The molecule has 0 aliphatic heterocycles. The molecule has 18 heavy (non-hydrogen) atoms. The average molecular weight is 267 g/mol. The Labute approximate surface area is 108 Å². The summed E-state index contributed by atoms with van der Waals surface area (Å²) in [6, 6.07) is 0.314. The van der Waals surface area contributed by atoms with Crippen molar-refractivity contribution in [3.63, 3.8) is 0 Å². The normalized spacial score (nSPS) is 10.3. The largest absolute Gasteiger partial charge is 0.461 e. The van der Waals surface area contributed by atoms with Crippen LogP contribution in [0.3, 0.4) is 0 Å². The van der Waals surface area contributed by atoms with Crippen molar-refractivity contribution in [1.29, 1.82) is 0 Å². The molecule has 0 spiro atoms. The quantitative estimate of drug-likeness (QED) is 0.806. The number of esters is 1. The van der Waals surface area contributed by atoms with Gasteiger partial charge in [-0.05, 0) is 6.92 Å². The van der Waals surface area contributed by atoms with Gasteiger partial charge in [0.15, 0.2) is 5.69 Å². The van der Waals surface area contributed by atoms with E-state index in [1.165, 1.54) is 6.26 Å². The van der Waals surface area contributed by atoms with Gasteiger partial charge in [0, 0.05) is 24.5 Å². The number of aromatic nitrogens is 2. The number of anilines is 1. The number of hydrogen-bond donors (Lipinski definition) is 1. The molecule has 96 valence electrons. The van der Waals surface area contributed by atoms with Crippen LogP contribution in [0.15, 0.2) is 22.3 Å². The summed E-state index contributed by atoms with van der Waals surface area (Å²) in [5.74, 6) is -0.478. The summed E-state index contributed by atoms with van der Waals surface area (Å²) < 4.78 is 9.92. The molecule has 0 aliphatic rings. The number of nitrogens with zero attached hydrogens (tertiary/aromatic N) is 2. The Kier molecular flexibility index (Phi) is 4.30. The highest BCUT2D eigenvalue weighted by Crippen LogP contribution is 2.10. The molecule has 0 bridgehead atoms. The third-order valence-electron chi connectivity index (χ3n) is 2.09. The molecule has 0 amide bonds. The molecule has 0 atom stereocenters. The molecule has 0 fully saturated rings. The van der Waals surface area contributed by atoms with Crippen molar-refractivity contribution in [2.24, 2.45) is 0 Å². The molecule has 6 nitrogen and oxygen atoms in total. The summed E-state index contributed by atoms with van der Waals surface area (Å²) in [6.07, 6.45) is 3.84. The highest BCUT2D eigenvalue weighted by atomic mass is 32.1. The molecule has 0 radical (unpaired) electrons. The standard InChI is InChI=1S/C11H13N3O3S/c1-2-16-10(15)8-7-17-11(14-8)13-4-3-9-12-5-6-18-9/h5-7H,2-4H2,1H3,(H,13,14). The van der Waals surface area contributed by atoms with Crippen molar-refractivity contribution in [3.8, 4) is 0 Å². The first-order valence-corrected chi connectivity index (χ1v) is 6.42. The molecule has 0 aromatic carbocycles. The highest BCUT2D eigenvalue weighted by Gasteiger charge is 2.12. The molecule has 0 aliphatic carbocycles. The van der Waals surface area contributed by atoms with Crippen LogP contribution in [0.4, 0.5) is 6.01 Å². The smallest absolute Gasteiger partial charge is 0.360 e. The number of oxazole rings is 1. The predicted molar refractivity (Wildman–Crippen MR) is 66.8 cm³/mol. The summed E-state index contributed by atoms with van der Waals surface area (Å²) >= 11 is 1.60. The Morgan fingerprint density at radius 3 is 3.22 bits per heavy atom. The van der Waals surface area contributed by atoms with Gasteiger partial charge in [0.1, 0.15) is 6.26 Å². The first-order valence-electron chi connectivity index (χ1n) is 5.54. The maximum absolute atomic E-state index is 11.3. The summed E-state index contributed by atoms with van der Waals surface area (Å²) in [5, 5.41) is 5.95. The van der Waals surface area contributed by atoms with Crippen LogP contribution in [-0.2, 0) is 11.2 Å². The zero-order chi connectivity index (χ0) is 12.8. The van der Waals surface area contributed by atoms with Crippen LogP contribution < -0.4 is 5.32 Å². The Bertz CT molecular complexity index is 495. The average Bonchev–Trinajstić information content (AvgIpc) is 3.00. The van der Waals surface area contributed by atoms with Crippen LogP contribution in [0.1, 0.15) is 22.4 Å². The molecular weight excluding hydrogens is 254 g/mol. The molecule has 0 saturated heterocycles. The Morgan fingerprint density at radius 1 is 1.61 bits per heavy atom. The van der Waals surface area contributed by atoms with Crippen molar-refractivity contribution in [3.05, 3.63) is 28.5 Å². The van der Waals surface area contributed by atoms with Gasteiger partial charge in [0.25, 0.3) is 6.01 Å². The number of nitrogens with one attached hydrogen (secondary N) is 1. The van der Waals surface area contributed by atoms with E-state index in [2.05, 4.69) is 15.3 Å². The van der Waals surface area contributed by atoms with Crippen LogP contribution in [0.25, 0.3) is 0 Å². The van der Waals surface area contributed by atoms with Crippen LogP contribution in [0.5, 0.6) is 0 Å². The number of carbonyl (C=O) groups excluding carboxylic acids is 1. The number of thiazole rings is 1. The fourth-order valence-corrected chi connectivity index (χ4v) is 1.93. The van der Waals surface area contributed by atoms with Crippen LogP contribution >= 0.6 is 11.3 Å². The fourth-order valence-electron chi connectivity index (χ4n) is 1.31. The van der Waals surface area contributed by atoms with Gasteiger partial charge in [-0.25, -0.2) is 9.78 Å². The third-order valence-corrected chi connectivity index (χ3v) is 2.93. The van der Waals surface area contributed by atoms with Crippen molar-refractivity contribution in [2.45, 2.75) is 13.3 Å². The van der Waals surface area contributed by atoms with E-state index in [9.17, 15) is 4.79 Å². The first-order chi connectivity index (χ1) is 8.79. The topological polar surface area (TPSA) is 77.2 Å². The number of hydrogen-bond acceptors (Lipinski definition) is 7. The van der Waals surface area contributed by atoms with Gasteiger partial charge in [0.05, 0.1) is 11.6 Å². The first kappa shape index (κ1) is 12.6. The molecule has 0 unspecified atom stereocenters. The molecule has 1 N–H and O–H groups in total. The molecular formula is C11H13N3O3S. The Balaban J connectivity index is 1.81. The lowest BCUT2D eigenvalue weighted by molar-refractivity contribution is 0.0519. The SMILES string of the molecule is CCOC(=O)c1coc(NCCc2nccs2)n1. The lowest BCUT2D eigenvalue weighted by Gasteiger charge is -1.98. The van der Waals surface area contributed by atoms with Gasteiger partial charge < -0.3 is 14.5 Å². The van der Waals surface area contributed by atoms with E-state index >= 15 is 0 Å². The minimum absolute atomic E-state index is 0.175. The molecule has 2 rings (SSSR count). The second kappa shape index (κ2) is 6.15. The van der Waals surface area contributed by atoms with E-state index in [1.807, 2.05) is 5.38 Å². The van der Waals surface area contributed by atoms with Crippen molar-refractivity contribution in [1.82, 2.24) is 9.97 Å². The van der Waals surface area contributed by atoms with E-state index in [-0.39, 0.29) is 5.69 Å². The summed E-state index contributed by atoms with van der Waals surface area (Å²) in [4.78, 5) is 19.5. The van der Waals surface area contributed by atoms with Crippen LogP contribution in [0.2, 0.25) is 0 Å². The lowest BCUT2D eigenvalue weighted by atomic mass is 10.4. The maximum Gasteiger partial charge on any atom is 0.360 e. The monoisotopic (exact) mass is 267 g/mol. The minimum atomic E-state index is -0.478. The highest BCUT2D eigenvalue weighted by molar-refractivity contribution is 7.09. The Morgan fingerprint density at radius 2 is 2.50 bits per heavy atom. The second-order valence-corrected chi connectivity index (χ2v) is 4.34. The van der Waals surface area contributed by atoms with Gasteiger partial charge in [0.2, 0.25) is 0 Å². The van der Waals surface area contributed by atoms with Gasteiger partial charge in [-0.15, -0.1) is 11.3 Å². The van der Waals surface area contributed by atoms with Crippen molar-refractivity contribution in [2.75, 3.05) is 18.5 Å². The molecule has 0 saturated carbocycles.